The minimum Gasteiger partial charge on any atom is -0.319 e. The summed E-state index contributed by atoms with van der Waals surface area (Å²) >= 11 is 0. The van der Waals surface area contributed by atoms with E-state index in [1.165, 1.54) is 4.90 Å². The smallest absolute Gasteiger partial charge is 0.319 e. The lowest BCUT2D eigenvalue weighted by atomic mass is 9.80. The number of hydrazine groups is 1. The number of nitrogens with zero attached hydrogens (tertiary/aromatic N) is 4. The molecule has 3 saturated heterocycles. The number of imide groups is 1. The number of sulfonamides is 1. The fourth-order valence-electron chi connectivity index (χ4n) is 6.49. The summed E-state index contributed by atoms with van der Waals surface area (Å²) < 4.78 is 42.4. The number of rotatable bonds is 8. The van der Waals surface area contributed by atoms with Crippen LogP contribution in [0.1, 0.15) is 51.4 Å². The Morgan fingerprint density at radius 1 is 1.19 bits per heavy atom. The van der Waals surface area contributed by atoms with E-state index >= 15 is 0 Å². The number of alkyl halides is 1. The van der Waals surface area contributed by atoms with Gasteiger partial charge in [0.25, 0.3) is 0 Å². The minimum atomic E-state index is -3.81. The van der Waals surface area contributed by atoms with Gasteiger partial charge in [0.2, 0.25) is 15.9 Å². The highest BCUT2D eigenvalue weighted by atomic mass is 32.2. The SMILES string of the molecule is CN1CC(CN2C(=O)C3CC(S(=O)(=O)NC4(CF)CC4)CCC3N(CC3CCCC(C#N)N3)C2=O)CN1. The number of halogens is 1. The number of hydrogen-bond donors (Lipinski definition) is 3. The Kier molecular flexibility index (Phi) is 7.50. The lowest BCUT2D eigenvalue weighted by Crippen LogP contribution is -2.66. The number of carbonyl (C=O) groups excluding carboxylic acids is 2. The maximum atomic E-state index is 13.7. The van der Waals surface area contributed by atoms with Gasteiger partial charge in [0.15, 0.2) is 0 Å². The van der Waals surface area contributed by atoms with Gasteiger partial charge in [-0.3, -0.25) is 20.4 Å². The van der Waals surface area contributed by atoms with Crippen molar-refractivity contribution in [3.05, 3.63) is 0 Å². The fraction of sp³-hybridized carbons (Fsp3) is 0.875. The molecule has 6 atom stereocenters. The second kappa shape index (κ2) is 10.4. The first-order valence-corrected chi connectivity index (χ1v) is 15.0. The van der Waals surface area contributed by atoms with E-state index in [4.69, 9.17) is 0 Å². The van der Waals surface area contributed by atoms with Gasteiger partial charge in [0.05, 0.1) is 28.8 Å². The molecule has 0 radical (unpaired) electrons. The first-order valence-electron chi connectivity index (χ1n) is 13.5. The molecule has 5 rings (SSSR count). The molecule has 0 bridgehead atoms. The molecule has 206 valence electrons. The third-order valence-electron chi connectivity index (χ3n) is 8.81. The highest BCUT2D eigenvalue weighted by Gasteiger charge is 2.53. The predicted octanol–water partition coefficient (Wildman–Crippen LogP) is 0.310. The molecular formula is C24H38FN7O4S. The summed E-state index contributed by atoms with van der Waals surface area (Å²) in [5.74, 6) is -0.856. The fourth-order valence-corrected chi connectivity index (χ4v) is 8.43. The maximum absolute atomic E-state index is 13.7. The summed E-state index contributed by atoms with van der Waals surface area (Å²) in [5.41, 5.74) is 2.22. The van der Waals surface area contributed by atoms with Crippen molar-refractivity contribution in [3.8, 4) is 6.07 Å². The minimum absolute atomic E-state index is 0.0558. The van der Waals surface area contributed by atoms with Crippen molar-refractivity contribution < 1.29 is 22.4 Å². The van der Waals surface area contributed by atoms with E-state index in [9.17, 15) is 27.7 Å². The summed E-state index contributed by atoms with van der Waals surface area (Å²) in [7, 11) is -1.90. The van der Waals surface area contributed by atoms with E-state index in [0.717, 1.165) is 19.3 Å². The summed E-state index contributed by atoms with van der Waals surface area (Å²) in [5, 5.41) is 13.8. The molecule has 2 aliphatic carbocycles. The van der Waals surface area contributed by atoms with Crippen molar-refractivity contribution in [2.24, 2.45) is 11.8 Å². The average molecular weight is 540 g/mol. The average Bonchev–Trinajstić information content (AvgIpc) is 3.53. The largest absolute Gasteiger partial charge is 0.327 e. The zero-order valence-electron chi connectivity index (χ0n) is 21.4. The number of amides is 3. The van der Waals surface area contributed by atoms with Gasteiger partial charge >= 0.3 is 6.03 Å². The van der Waals surface area contributed by atoms with Crippen molar-refractivity contribution in [3.63, 3.8) is 0 Å². The Balaban J connectivity index is 1.36. The number of carbonyl (C=O) groups is 2. The molecule has 11 nitrogen and oxygen atoms in total. The highest BCUT2D eigenvalue weighted by molar-refractivity contribution is 7.90. The van der Waals surface area contributed by atoms with Crippen LogP contribution >= 0.6 is 0 Å². The monoisotopic (exact) mass is 539 g/mol. The van der Waals surface area contributed by atoms with Crippen LogP contribution in [0.4, 0.5) is 9.18 Å². The highest BCUT2D eigenvalue weighted by Crippen LogP contribution is 2.41. The van der Waals surface area contributed by atoms with Gasteiger partial charge in [-0.15, -0.1) is 0 Å². The first kappa shape index (κ1) is 26.7. The van der Waals surface area contributed by atoms with Crippen LogP contribution in [0.5, 0.6) is 0 Å². The molecule has 0 aromatic rings. The summed E-state index contributed by atoms with van der Waals surface area (Å²) in [6, 6.07) is 1.25. The third kappa shape index (κ3) is 5.49. The molecule has 3 N–H and O–H groups in total. The van der Waals surface area contributed by atoms with Gasteiger partial charge in [0.1, 0.15) is 6.67 Å². The van der Waals surface area contributed by atoms with Crippen LogP contribution in [0.25, 0.3) is 0 Å². The molecule has 2 saturated carbocycles. The molecule has 3 heterocycles. The van der Waals surface area contributed by atoms with Crippen LogP contribution in [-0.2, 0) is 14.8 Å². The molecule has 6 unspecified atom stereocenters. The van der Waals surface area contributed by atoms with Gasteiger partial charge < -0.3 is 4.90 Å². The molecule has 0 aromatic heterocycles. The van der Waals surface area contributed by atoms with Gasteiger partial charge in [-0.2, -0.15) is 5.26 Å². The molecule has 37 heavy (non-hydrogen) atoms. The van der Waals surface area contributed by atoms with E-state index < -0.39 is 33.4 Å². The predicted molar refractivity (Wildman–Crippen MR) is 133 cm³/mol. The molecule has 3 amide bonds. The van der Waals surface area contributed by atoms with Crippen molar-refractivity contribution in [1.82, 2.24) is 30.3 Å². The van der Waals surface area contributed by atoms with Gasteiger partial charge in [-0.05, 0) is 51.4 Å². The zero-order chi connectivity index (χ0) is 26.4. The van der Waals surface area contributed by atoms with Crippen LogP contribution in [0, 0.1) is 23.2 Å². The summed E-state index contributed by atoms with van der Waals surface area (Å²) in [4.78, 5) is 30.5. The van der Waals surface area contributed by atoms with E-state index in [1.807, 2.05) is 12.1 Å². The van der Waals surface area contributed by atoms with Crippen molar-refractivity contribution in [2.45, 2.75) is 80.3 Å². The molecular weight excluding hydrogens is 501 g/mol. The first-order chi connectivity index (χ1) is 17.6. The van der Waals surface area contributed by atoms with Gasteiger partial charge in [0, 0.05) is 51.2 Å². The van der Waals surface area contributed by atoms with Crippen LogP contribution in [0.3, 0.4) is 0 Å². The Hall–Kier alpha value is -1.85. The number of hydrogen-bond acceptors (Lipinski definition) is 8. The standard InChI is InChI=1S/C24H38FN7O4S/c1-30-12-16(11-27-30)13-32-22(33)20-9-19(37(35,36)29-24(15-25)7-8-24)5-6-21(20)31(23(32)34)14-18-4-2-3-17(10-26)28-18/h16-21,27-29H,2-9,11-15H2,1H3. The van der Waals surface area contributed by atoms with E-state index in [1.54, 1.807) is 4.90 Å². The third-order valence-corrected chi connectivity index (χ3v) is 10.8. The van der Waals surface area contributed by atoms with Crippen LogP contribution in [-0.4, -0.2) is 104 Å². The number of nitrogens with one attached hydrogen (secondary N) is 3. The van der Waals surface area contributed by atoms with E-state index in [-0.39, 0.29) is 48.9 Å². The van der Waals surface area contributed by atoms with Crippen LogP contribution in [0.2, 0.25) is 0 Å². The van der Waals surface area contributed by atoms with Crippen LogP contribution in [0.15, 0.2) is 0 Å². The molecule has 5 aliphatic rings. The summed E-state index contributed by atoms with van der Waals surface area (Å²) in [6.45, 7) is 1.27. The van der Waals surface area contributed by atoms with Gasteiger partial charge in [-0.1, -0.05) is 0 Å². The lowest BCUT2D eigenvalue weighted by molar-refractivity contribution is -0.141. The Labute approximate surface area is 218 Å². The van der Waals surface area contributed by atoms with E-state index in [2.05, 4.69) is 21.5 Å². The van der Waals surface area contributed by atoms with Crippen molar-refractivity contribution in [2.75, 3.05) is 39.9 Å². The van der Waals surface area contributed by atoms with Crippen molar-refractivity contribution in [1.29, 1.82) is 5.26 Å². The zero-order valence-corrected chi connectivity index (χ0v) is 22.2. The second-order valence-electron chi connectivity index (χ2n) is 11.6. The normalized spacial score (nSPS) is 36.4. The number of urea groups is 1. The van der Waals surface area contributed by atoms with Gasteiger partial charge in [-0.25, -0.2) is 27.3 Å². The number of nitriles is 1. The second-order valence-corrected chi connectivity index (χ2v) is 13.6. The molecule has 13 heteroatoms. The quantitative estimate of drug-likeness (QED) is 0.401. The number of piperidine rings is 1. The topological polar surface area (TPSA) is 138 Å². The molecule has 5 fully saturated rings. The van der Waals surface area contributed by atoms with Crippen LogP contribution < -0.4 is 15.5 Å². The molecule has 0 aromatic carbocycles. The number of fused-ring (bicyclic) bond motifs is 1. The van der Waals surface area contributed by atoms with E-state index in [0.29, 0.717) is 45.3 Å². The summed E-state index contributed by atoms with van der Waals surface area (Å²) in [6.07, 6.45) is 4.28. The Morgan fingerprint density at radius 2 is 1.97 bits per heavy atom. The Morgan fingerprint density at radius 3 is 2.62 bits per heavy atom. The lowest BCUT2D eigenvalue weighted by Gasteiger charge is -2.49. The maximum Gasteiger partial charge on any atom is 0.327 e. The molecule has 0 spiro atoms. The molecule has 3 aliphatic heterocycles. The van der Waals surface area contributed by atoms with Crippen molar-refractivity contribution >= 4 is 22.0 Å². The Bertz CT molecular complexity index is 1050.